The van der Waals surface area contributed by atoms with Crippen LogP contribution in [0.15, 0.2) is 36.4 Å². The van der Waals surface area contributed by atoms with Crippen LogP contribution < -0.4 is 10.6 Å². The maximum absolute atomic E-state index is 13.9. The maximum Gasteiger partial charge on any atom is 0.253 e. The highest BCUT2D eigenvalue weighted by Gasteiger charge is 2.17. The molecule has 3 rings (SSSR count). The molecular weight excluding hydrogens is 510 g/mol. The van der Waals surface area contributed by atoms with Gasteiger partial charge in [0.2, 0.25) is 0 Å². The van der Waals surface area contributed by atoms with E-state index in [0.29, 0.717) is 17.8 Å². The van der Waals surface area contributed by atoms with Crippen LogP contribution >= 0.6 is 22.6 Å². The Kier molecular flexibility index (Phi) is 9.06. The molecule has 6 nitrogen and oxygen atoms in total. The Balaban J connectivity index is 1.52. The highest BCUT2D eigenvalue weighted by Crippen LogP contribution is 2.25. The smallest absolute Gasteiger partial charge is 0.253 e. The SMILES string of the molecule is Cc1cc(I)ccc1Nc1ccc(F)cc1C(=O)NCCCN1CCN(CCO)CC1. The average Bonchev–Trinajstić information content (AvgIpc) is 2.75. The molecule has 1 heterocycles. The van der Waals surface area contributed by atoms with Gasteiger partial charge in [0.05, 0.1) is 17.9 Å². The lowest BCUT2D eigenvalue weighted by atomic mass is 10.1. The van der Waals surface area contributed by atoms with Crippen molar-refractivity contribution in [1.29, 1.82) is 0 Å². The van der Waals surface area contributed by atoms with E-state index >= 15 is 0 Å². The van der Waals surface area contributed by atoms with Crippen LogP contribution in [0.5, 0.6) is 0 Å². The molecule has 168 valence electrons. The van der Waals surface area contributed by atoms with Crippen LogP contribution in [-0.4, -0.2) is 73.2 Å². The first-order valence-corrected chi connectivity index (χ1v) is 11.7. The summed E-state index contributed by atoms with van der Waals surface area (Å²) in [7, 11) is 0. The highest BCUT2D eigenvalue weighted by molar-refractivity contribution is 14.1. The van der Waals surface area contributed by atoms with Gasteiger partial charge in [-0.3, -0.25) is 9.69 Å². The van der Waals surface area contributed by atoms with Gasteiger partial charge in [-0.15, -0.1) is 0 Å². The second-order valence-electron chi connectivity index (χ2n) is 7.79. The summed E-state index contributed by atoms with van der Waals surface area (Å²) in [5, 5.41) is 15.2. The number of carbonyl (C=O) groups excluding carboxylic acids is 1. The molecule has 8 heteroatoms. The second-order valence-corrected chi connectivity index (χ2v) is 9.04. The van der Waals surface area contributed by atoms with Crippen LogP contribution in [0.2, 0.25) is 0 Å². The zero-order valence-corrected chi connectivity index (χ0v) is 20.0. The van der Waals surface area contributed by atoms with Gasteiger partial charge < -0.3 is 20.6 Å². The standard InChI is InChI=1S/C23H30FIN4O2/c1-17-15-19(25)4-6-21(17)27-22-5-3-18(24)16-20(22)23(31)26-7-2-8-28-9-11-29(12-10-28)13-14-30/h3-6,15-16,27,30H,2,7-14H2,1H3,(H,26,31). The van der Waals surface area contributed by atoms with Gasteiger partial charge in [-0.05, 0) is 84.4 Å². The van der Waals surface area contributed by atoms with Crippen molar-refractivity contribution >= 4 is 39.9 Å². The Bertz CT molecular complexity index is 888. The van der Waals surface area contributed by atoms with Gasteiger partial charge in [-0.2, -0.15) is 0 Å². The van der Waals surface area contributed by atoms with Crippen molar-refractivity contribution in [2.24, 2.45) is 0 Å². The Morgan fingerprint density at radius 1 is 1.06 bits per heavy atom. The van der Waals surface area contributed by atoms with E-state index < -0.39 is 5.82 Å². The van der Waals surface area contributed by atoms with Crippen molar-refractivity contribution < 1.29 is 14.3 Å². The molecule has 31 heavy (non-hydrogen) atoms. The van der Waals surface area contributed by atoms with Gasteiger partial charge in [0.1, 0.15) is 5.82 Å². The molecule has 0 unspecified atom stereocenters. The molecule has 1 aliphatic heterocycles. The molecular formula is C23H30FIN4O2. The van der Waals surface area contributed by atoms with Crippen molar-refractivity contribution in [3.63, 3.8) is 0 Å². The molecule has 0 aliphatic carbocycles. The summed E-state index contributed by atoms with van der Waals surface area (Å²) in [6.07, 6.45) is 0.833. The van der Waals surface area contributed by atoms with E-state index in [4.69, 9.17) is 5.11 Å². The fourth-order valence-corrected chi connectivity index (χ4v) is 4.35. The first kappa shape index (κ1) is 23.9. The number of rotatable bonds is 9. The van der Waals surface area contributed by atoms with E-state index in [-0.39, 0.29) is 12.5 Å². The number of nitrogens with one attached hydrogen (secondary N) is 2. The van der Waals surface area contributed by atoms with Crippen LogP contribution in [0.4, 0.5) is 15.8 Å². The van der Waals surface area contributed by atoms with Gasteiger partial charge in [-0.1, -0.05) is 0 Å². The Labute approximate surface area is 196 Å². The van der Waals surface area contributed by atoms with Gasteiger partial charge in [0.25, 0.3) is 5.91 Å². The lowest BCUT2D eigenvalue weighted by molar-refractivity contribution is 0.0945. The highest BCUT2D eigenvalue weighted by atomic mass is 127. The molecule has 1 amide bonds. The molecule has 0 aromatic heterocycles. The monoisotopic (exact) mass is 540 g/mol. The van der Waals surface area contributed by atoms with E-state index in [0.717, 1.165) is 60.5 Å². The van der Waals surface area contributed by atoms with Gasteiger partial charge in [0.15, 0.2) is 0 Å². The minimum absolute atomic E-state index is 0.200. The topological polar surface area (TPSA) is 67.8 Å². The fourth-order valence-electron chi connectivity index (χ4n) is 3.70. The molecule has 0 atom stereocenters. The first-order chi connectivity index (χ1) is 15.0. The van der Waals surface area contributed by atoms with Crippen molar-refractivity contribution in [3.05, 3.63) is 56.9 Å². The van der Waals surface area contributed by atoms with Gasteiger partial charge in [-0.25, -0.2) is 4.39 Å². The van der Waals surface area contributed by atoms with Crippen molar-refractivity contribution in [2.75, 3.05) is 57.7 Å². The first-order valence-electron chi connectivity index (χ1n) is 10.6. The molecule has 1 saturated heterocycles. The van der Waals surface area contributed by atoms with Gasteiger partial charge >= 0.3 is 0 Å². The molecule has 1 aliphatic rings. The van der Waals surface area contributed by atoms with Crippen molar-refractivity contribution in [1.82, 2.24) is 15.1 Å². The van der Waals surface area contributed by atoms with E-state index in [9.17, 15) is 9.18 Å². The number of aliphatic hydroxyl groups is 1. The minimum Gasteiger partial charge on any atom is -0.395 e. The fraction of sp³-hybridized carbons (Fsp3) is 0.435. The summed E-state index contributed by atoms with van der Waals surface area (Å²) >= 11 is 2.26. The van der Waals surface area contributed by atoms with Crippen molar-refractivity contribution in [3.8, 4) is 0 Å². The Morgan fingerprint density at radius 2 is 1.74 bits per heavy atom. The third kappa shape index (κ3) is 7.13. The Hall–Kier alpha value is -1.75. The van der Waals surface area contributed by atoms with Crippen LogP contribution in [-0.2, 0) is 0 Å². The number of benzene rings is 2. The number of amides is 1. The molecule has 0 spiro atoms. The lowest BCUT2D eigenvalue weighted by Gasteiger charge is -2.34. The number of carbonyl (C=O) groups is 1. The normalized spacial score (nSPS) is 15.1. The number of nitrogens with zero attached hydrogens (tertiary/aromatic N) is 2. The quantitative estimate of drug-likeness (QED) is 0.337. The predicted molar refractivity (Wildman–Crippen MR) is 130 cm³/mol. The molecule has 2 aromatic carbocycles. The minimum atomic E-state index is -0.434. The predicted octanol–water partition coefficient (Wildman–Crippen LogP) is 3.21. The number of aryl methyl sites for hydroxylation is 1. The van der Waals surface area contributed by atoms with Crippen LogP contribution in [0.3, 0.4) is 0 Å². The molecule has 0 saturated carbocycles. The third-order valence-electron chi connectivity index (χ3n) is 5.50. The summed E-state index contributed by atoms with van der Waals surface area (Å²) < 4.78 is 15.0. The number of halogens is 2. The summed E-state index contributed by atoms with van der Waals surface area (Å²) in [5.74, 6) is -0.714. The zero-order valence-electron chi connectivity index (χ0n) is 17.8. The second kappa shape index (κ2) is 11.8. The van der Waals surface area contributed by atoms with E-state index in [1.165, 1.54) is 12.1 Å². The van der Waals surface area contributed by atoms with Crippen molar-refractivity contribution in [2.45, 2.75) is 13.3 Å². The molecule has 0 bridgehead atoms. The molecule has 0 radical (unpaired) electrons. The molecule has 2 aromatic rings. The largest absolute Gasteiger partial charge is 0.395 e. The number of hydrogen-bond acceptors (Lipinski definition) is 5. The third-order valence-corrected chi connectivity index (χ3v) is 6.17. The zero-order chi connectivity index (χ0) is 22.2. The summed E-state index contributed by atoms with van der Waals surface area (Å²) in [6, 6.07) is 10.2. The summed E-state index contributed by atoms with van der Waals surface area (Å²) in [6.45, 7) is 8.24. The van der Waals surface area contributed by atoms with Crippen LogP contribution in [0.25, 0.3) is 0 Å². The molecule has 1 fully saturated rings. The average molecular weight is 540 g/mol. The molecule has 3 N–H and O–H groups in total. The van der Waals surface area contributed by atoms with Crippen LogP contribution in [0, 0.1) is 16.3 Å². The summed E-state index contributed by atoms with van der Waals surface area (Å²) in [5.41, 5.74) is 2.84. The maximum atomic E-state index is 13.9. The number of aliphatic hydroxyl groups excluding tert-OH is 1. The van der Waals surface area contributed by atoms with E-state index in [1.54, 1.807) is 6.07 Å². The lowest BCUT2D eigenvalue weighted by Crippen LogP contribution is -2.47. The Morgan fingerprint density at radius 3 is 2.42 bits per heavy atom. The number of hydrogen-bond donors (Lipinski definition) is 3. The van der Waals surface area contributed by atoms with E-state index in [1.807, 2.05) is 19.1 Å². The summed E-state index contributed by atoms with van der Waals surface area (Å²) in [4.78, 5) is 17.4. The van der Waals surface area contributed by atoms with Gasteiger partial charge in [0, 0.05) is 48.5 Å². The number of anilines is 2. The number of piperazine rings is 1. The number of β-amino-alcohol motifs (C(OH)–C–C–N with tert-alkyl or cyclic N) is 1. The van der Waals surface area contributed by atoms with Crippen LogP contribution in [0.1, 0.15) is 22.3 Å². The van der Waals surface area contributed by atoms with E-state index in [2.05, 4.69) is 49.1 Å².